The van der Waals surface area contributed by atoms with Crippen LogP contribution in [0.5, 0.6) is 11.5 Å². The van der Waals surface area contributed by atoms with Crippen LogP contribution >= 0.6 is 11.3 Å². The molecule has 0 saturated carbocycles. The standard InChI is InChI=1S/C18H20F2N4O5S/c1-10-14(30-18(21-10)24-5-7-28-8-6-24)16(26)23-22-15(25)11-3-4-12(29-17(19)20)13(9-11)27-2/h3-4,9,17H,5-8H2,1-2H3,(H,22,25)(H,23,26). The number of aromatic nitrogens is 1. The molecule has 9 nitrogen and oxygen atoms in total. The number of benzene rings is 1. The number of amides is 2. The zero-order chi connectivity index (χ0) is 21.7. The molecule has 0 radical (unpaired) electrons. The lowest BCUT2D eigenvalue weighted by Crippen LogP contribution is -2.41. The van der Waals surface area contributed by atoms with E-state index in [0.29, 0.717) is 42.0 Å². The first-order valence-corrected chi connectivity index (χ1v) is 9.74. The number of aryl methyl sites for hydroxylation is 1. The first kappa shape index (κ1) is 21.7. The van der Waals surface area contributed by atoms with Crippen molar-refractivity contribution in [2.45, 2.75) is 13.5 Å². The molecule has 0 spiro atoms. The van der Waals surface area contributed by atoms with E-state index in [9.17, 15) is 18.4 Å². The molecule has 1 aromatic carbocycles. The Hall–Kier alpha value is -2.99. The second-order valence-corrected chi connectivity index (χ2v) is 7.14. The number of halogens is 2. The van der Waals surface area contributed by atoms with Gasteiger partial charge in [-0.1, -0.05) is 11.3 Å². The smallest absolute Gasteiger partial charge is 0.387 e. The number of thiazole rings is 1. The lowest BCUT2D eigenvalue weighted by molar-refractivity contribution is -0.0512. The van der Waals surface area contributed by atoms with Crippen molar-refractivity contribution in [1.82, 2.24) is 15.8 Å². The summed E-state index contributed by atoms with van der Waals surface area (Å²) in [6, 6.07) is 3.69. The largest absolute Gasteiger partial charge is 0.493 e. The van der Waals surface area contributed by atoms with E-state index in [0.717, 1.165) is 0 Å². The minimum atomic E-state index is -3.03. The molecular formula is C18H20F2N4O5S. The van der Waals surface area contributed by atoms with E-state index in [1.54, 1.807) is 6.92 Å². The third-order valence-electron chi connectivity index (χ3n) is 4.20. The van der Waals surface area contributed by atoms with Crippen molar-refractivity contribution in [3.8, 4) is 11.5 Å². The average Bonchev–Trinajstić information content (AvgIpc) is 3.14. The highest BCUT2D eigenvalue weighted by atomic mass is 32.1. The Balaban J connectivity index is 1.63. The number of hydrogen-bond acceptors (Lipinski definition) is 8. The highest BCUT2D eigenvalue weighted by Crippen LogP contribution is 2.29. The summed E-state index contributed by atoms with van der Waals surface area (Å²) in [5.74, 6) is -1.41. The predicted molar refractivity (Wildman–Crippen MR) is 104 cm³/mol. The van der Waals surface area contributed by atoms with Gasteiger partial charge in [-0.05, 0) is 25.1 Å². The van der Waals surface area contributed by atoms with E-state index in [-0.39, 0.29) is 17.1 Å². The van der Waals surface area contributed by atoms with Gasteiger partial charge < -0.3 is 19.1 Å². The van der Waals surface area contributed by atoms with Crippen molar-refractivity contribution >= 4 is 28.3 Å². The molecular weight excluding hydrogens is 422 g/mol. The lowest BCUT2D eigenvalue weighted by Gasteiger charge is -2.25. The summed E-state index contributed by atoms with van der Waals surface area (Å²) in [5.41, 5.74) is 5.25. The summed E-state index contributed by atoms with van der Waals surface area (Å²) >= 11 is 1.22. The topological polar surface area (TPSA) is 102 Å². The molecule has 0 atom stereocenters. The van der Waals surface area contributed by atoms with Crippen LogP contribution in [0.15, 0.2) is 18.2 Å². The zero-order valence-electron chi connectivity index (χ0n) is 16.2. The van der Waals surface area contributed by atoms with Crippen LogP contribution in [-0.2, 0) is 4.74 Å². The summed E-state index contributed by atoms with van der Waals surface area (Å²) in [6.45, 7) is 1.27. The van der Waals surface area contributed by atoms with Crippen LogP contribution in [0.1, 0.15) is 25.7 Å². The van der Waals surface area contributed by atoms with E-state index >= 15 is 0 Å². The van der Waals surface area contributed by atoms with Crippen molar-refractivity contribution in [1.29, 1.82) is 0 Å². The molecule has 2 N–H and O–H groups in total. The van der Waals surface area contributed by atoms with Crippen LogP contribution in [0.2, 0.25) is 0 Å². The number of rotatable bonds is 6. The molecule has 1 aromatic heterocycles. The van der Waals surface area contributed by atoms with Gasteiger partial charge in [0.1, 0.15) is 4.88 Å². The van der Waals surface area contributed by atoms with Gasteiger partial charge in [-0.3, -0.25) is 20.4 Å². The van der Waals surface area contributed by atoms with Gasteiger partial charge in [0.05, 0.1) is 26.0 Å². The fraction of sp³-hybridized carbons (Fsp3) is 0.389. The van der Waals surface area contributed by atoms with E-state index in [1.165, 1.54) is 36.6 Å². The van der Waals surface area contributed by atoms with Gasteiger partial charge >= 0.3 is 6.61 Å². The van der Waals surface area contributed by atoms with Gasteiger partial charge in [-0.15, -0.1) is 0 Å². The summed E-state index contributed by atoms with van der Waals surface area (Å²) in [5, 5.41) is 0.714. The van der Waals surface area contributed by atoms with Gasteiger partial charge in [-0.25, -0.2) is 4.98 Å². The van der Waals surface area contributed by atoms with Gasteiger partial charge in [0.25, 0.3) is 11.8 Å². The molecule has 2 amide bonds. The Kier molecular flexibility index (Phi) is 7.00. The molecule has 0 bridgehead atoms. The number of carbonyl (C=O) groups is 2. The highest BCUT2D eigenvalue weighted by Gasteiger charge is 2.21. The molecule has 1 aliphatic rings. The SMILES string of the molecule is COc1cc(C(=O)NNC(=O)c2sc(N3CCOCC3)nc2C)ccc1OC(F)F. The molecule has 0 aliphatic carbocycles. The number of alkyl halides is 2. The van der Waals surface area contributed by atoms with Gasteiger partial charge in [0.15, 0.2) is 16.6 Å². The Bertz CT molecular complexity index is 918. The van der Waals surface area contributed by atoms with E-state index < -0.39 is 18.4 Å². The minimum Gasteiger partial charge on any atom is -0.493 e. The maximum atomic E-state index is 12.5. The van der Waals surface area contributed by atoms with E-state index in [1.807, 2.05) is 4.90 Å². The summed E-state index contributed by atoms with van der Waals surface area (Å²) in [6.07, 6.45) is 0. The number of methoxy groups -OCH3 is 1. The van der Waals surface area contributed by atoms with Gasteiger partial charge in [0.2, 0.25) is 0 Å². The molecule has 1 aliphatic heterocycles. The van der Waals surface area contributed by atoms with Crippen molar-refractivity contribution in [2.24, 2.45) is 0 Å². The predicted octanol–water partition coefficient (Wildman–Crippen LogP) is 1.97. The highest BCUT2D eigenvalue weighted by molar-refractivity contribution is 7.17. The first-order valence-electron chi connectivity index (χ1n) is 8.92. The molecule has 1 saturated heterocycles. The number of nitrogens with one attached hydrogen (secondary N) is 2. The molecule has 1 fully saturated rings. The van der Waals surface area contributed by atoms with Crippen molar-refractivity contribution < 1.29 is 32.6 Å². The van der Waals surface area contributed by atoms with Crippen LogP contribution in [0.3, 0.4) is 0 Å². The first-order chi connectivity index (χ1) is 14.4. The quantitative estimate of drug-likeness (QED) is 0.660. The second kappa shape index (κ2) is 9.67. The number of carbonyl (C=O) groups excluding carboxylic acids is 2. The third-order valence-corrected chi connectivity index (χ3v) is 5.42. The van der Waals surface area contributed by atoms with Crippen molar-refractivity contribution in [3.63, 3.8) is 0 Å². The van der Waals surface area contributed by atoms with Gasteiger partial charge in [-0.2, -0.15) is 8.78 Å². The summed E-state index contributed by atoms with van der Waals surface area (Å²) < 4.78 is 39.4. The van der Waals surface area contributed by atoms with Crippen LogP contribution in [0, 0.1) is 6.92 Å². The lowest BCUT2D eigenvalue weighted by atomic mass is 10.2. The van der Waals surface area contributed by atoms with Crippen LogP contribution in [0.25, 0.3) is 0 Å². The monoisotopic (exact) mass is 442 g/mol. The molecule has 30 heavy (non-hydrogen) atoms. The van der Waals surface area contributed by atoms with E-state index in [2.05, 4.69) is 20.6 Å². The molecule has 3 rings (SSSR count). The Morgan fingerprint density at radius 1 is 1.20 bits per heavy atom. The molecule has 12 heteroatoms. The number of morpholine rings is 1. The summed E-state index contributed by atoms with van der Waals surface area (Å²) in [7, 11) is 1.26. The van der Waals surface area contributed by atoms with Crippen molar-refractivity contribution in [2.75, 3.05) is 38.3 Å². The minimum absolute atomic E-state index is 0.0391. The number of nitrogens with zero attached hydrogens (tertiary/aromatic N) is 2. The number of ether oxygens (including phenoxy) is 3. The number of anilines is 1. The Morgan fingerprint density at radius 3 is 2.57 bits per heavy atom. The Morgan fingerprint density at radius 2 is 1.90 bits per heavy atom. The molecule has 162 valence electrons. The second-order valence-electron chi connectivity index (χ2n) is 6.16. The van der Waals surface area contributed by atoms with Crippen LogP contribution in [-0.4, -0.2) is 56.8 Å². The maximum Gasteiger partial charge on any atom is 0.387 e. The van der Waals surface area contributed by atoms with Gasteiger partial charge in [0, 0.05) is 18.7 Å². The maximum absolute atomic E-state index is 12.5. The van der Waals surface area contributed by atoms with E-state index in [4.69, 9.17) is 9.47 Å². The third kappa shape index (κ3) is 5.13. The molecule has 0 unspecified atom stereocenters. The number of hydrazine groups is 1. The molecule has 2 heterocycles. The summed E-state index contributed by atoms with van der Waals surface area (Å²) in [4.78, 5) is 31.6. The van der Waals surface area contributed by atoms with Crippen LogP contribution in [0.4, 0.5) is 13.9 Å². The fourth-order valence-electron chi connectivity index (χ4n) is 2.73. The normalized spacial score (nSPS) is 13.8. The molecule has 2 aromatic rings. The number of hydrogen-bond donors (Lipinski definition) is 2. The zero-order valence-corrected chi connectivity index (χ0v) is 17.1. The Labute approximate surface area is 174 Å². The van der Waals surface area contributed by atoms with Crippen molar-refractivity contribution in [3.05, 3.63) is 34.3 Å². The average molecular weight is 442 g/mol. The fourth-order valence-corrected chi connectivity index (χ4v) is 3.74. The van der Waals surface area contributed by atoms with Crippen LogP contribution < -0.4 is 25.2 Å².